The van der Waals surface area contributed by atoms with Gasteiger partial charge in [-0.1, -0.05) is 6.07 Å². The molecule has 164 valence electrons. The molecule has 3 aromatic rings. The number of carbonyl (C=O) groups excluding carboxylic acids is 2. The molecule has 0 bridgehead atoms. The van der Waals surface area contributed by atoms with Gasteiger partial charge in [0.1, 0.15) is 5.65 Å². The number of aliphatic hydroxyl groups excluding tert-OH is 1. The van der Waals surface area contributed by atoms with Crippen LogP contribution in [0.15, 0.2) is 48.8 Å². The van der Waals surface area contributed by atoms with E-state index in [0.717, 1.165) is 11.1 Å². The van der Waals surface area contributed by atoms with Crippen LogP contribution in [-0.2, 0) is 11.2 Å². The lowest BCUT2D eigenvalue weighted by Crippen LogP contribution is -2.26. The predicted molar refractivity (Wildman–Crippen MR) is 112 cm³/mol. The average molecular weight is 430 g/mol. The molecule has 2 aromatic heterocycles. The Kier molecular flexibility index (Phi) is 7.30. The summed E-state index contributed by atoms with van der Waals surface area (Å²) >= 11 is 0. The second-order valence-corrected chi connectivity index (χ2v) is 7.15. The molecule has 0 unspecified atom stereocenters. The molecule has 0 spiro atoms. The third-order valence-corrected chi connectivity index (χ3v) is 4.86. The van der Waals surface area contributed by atoms with Crippen molar-refractivity contribution < 1.29 is 23.5 Å². The summed E-state index contributed by atoms with van der Waals surface area (Å²) in [7, 11) is 0. The van der Waals surface area contributed by atoms with E-state index in [1.54, 1.807) is 24.4 Å². The van der Waals surface area contributed by atoms with E-state index in [2.05, 4.69) is 15.6 Å². The van der Waals surface area contributed by atoms with Crippen molar-refractivity contribution in [2.75, 3.05) is 19.7 Å². The van der Waals surface area contributed by atoms with Gasteiger partial charge in [-0.05, 0) is 42.3 Å². The monoisotopic (exact) mass is 430 g/mol. The number of benzene rings is 1. The van der Waals surface area contributed by atoms with E-state index in [-0.39, 0.29) is 38.4 Å². The van der Waals surface area contributed by atoms with Crippen molar-refractivity contribution in [3.63, 3.8) is 0 Å². The zero-order valence-corrected chi connectivity index (χ0v) is 16.9. The molecule has 7 nitrogen and oxygen atoms in total. The summed E-state index contributed by atoms with van der Waals surface area (Å²) in [4.78, 5) is 26.8. The first kappa shape index (κ1) is 22.4. The van der Waals surface area contributed by atoms with Gasteiger partial charge in [-0.25, -0.2) is 13.8 Å². The van der Waals surface area contributed by atoms with Crippen molar-refractivity contribution >= 4 is 23.4 Å². The van der Waals surface area contributed by atoms with Crippen LogP contribution in [0.5, 0.6) is 0 Å². The Bertz CT molecular complexity index is 1050. The topological polar surface area (TPSA) is 96.2 Å². The molecule has 3 rings (SSSR count). The quantitative estimate of drug-likeness (QED) is 0.322. The lowest BCUT2D eigenvalue weighted by molar-refractivity contribution is -0.109. The van der Waals surface area contributed by atoms with Gasteiger partial charge in [0.05, 0.1) is 6.61 Å². The van der Waals surface area contributed by atoms with Gasteiger partial charge in [-0.2, -0.15) is 0 Å². The highest BCUT2D eigenvalue weighted by Gasteiger charge is 2.27. The van der Waals surface area contributed by atoms with Crippen molar-refractivity contribution in [3.8, 4) is 5.69 Å². The van der Waals surface area contributed by atoms with E-state index in [1.165, 1.54) is 0 Å². The van der Waals surface area contributed by atoms with Gasteiger partial charge in [0.2, 0.25) is 12.3 Å². The molecule has 9 heteroatoms. The predicted octanol–water partition coefficient (Wildman–Crippen LogP) is 2.45. The molecular weight excluding hydrogens is 406 g/mol. The molecular formula is C22H24F2N4O3. The molecule has 0 saturated heterocycles. The lowest BCUT2D eigenvalue weighted by atomic mass is 10.0. The maximum Gasteiger partial charge on any atom is 0.251 e. The van der Waals surface area contributed by atoms with Gasteiger partial charge >= 0.3 is 0 Å². The molecule has 0 radical (unpaired) electrons. The first-order valence-electron chi connectivity index (χ1n) is 9.94. The number of carbonyl (C=O) groups is 2. The third kappa shape index (κ3) is 5.85. The molecule has 0 saturated carbocycles. The number of hydrogen-bond donors (Lipinski definition) is 3. The standard InChI is InChI=1S/C22H24F2N4O3/c23-22(24,7-8-25-15-30)6-4-16-12-17-5-10-28(20(17)27-14-16)19-3-1-2-18(13-19)21(31)26-9-11-29/h1-3,5,10,12-15,29H,4,6-9,11H2,(H,25,30)(H,26,31). The van der Waals surface area contributed by atoms with Crippen LogP contribution in [0.1, 0.15) is 28.8 Å². The average Bonchev–Trinajstić information content (AvgIpc) is 3.19. The van der Waals surface area contributed by atoms with Crippen LogP contribution in [0.4, 0.5) is 8.78 Å². The summed E-state index contributed by atoms with van der Waals surface area (Å²) in [5, 5.41) is 14.5. The number of nitrogens with one attached hydrogen (secondary N) is 2. The van der Waals surface area contributed by atoms with Gasteiger partial charge in [-0.15, -0.1) is 0 Å². The minimum atomic E-state index is -2.87. The Hall–Kier alpha value is -3.33. The minimum absolute atomic E-state index is 0.0618. The van der Waals surface area contributed by atoms with E-state index >= 15 is 0 Å². The molecule has 0 aliphatic carbocycles. The Morgan fingerprint density at radius 2 is 2.03 bits per heavy atom. The van der Waals surface area contributed by atoms with Gasteiger partial charge < -0.3 is 20.3 Å². The molecule has 0 aliphatic rings. The molecule has 0 fully saturated rings. The number of alkyl halides is 2. The zero-order valence-electron chi connectivity index (χ0n) is 16.9. The number of halogens is 2. The fourth-order valence-corrected chi connectivity index (χ4v) is 3.25. The molecule has 2 heterocycles. The van der Waals surface area contributed by atoms with Crippen molar-refractivity contribution in [1.29, 1.82) is 0 Å². The van der Waals surface area contributed by atoms with Gasteiger partial charge in [0.25, 0.3) is 5.91 Å². The van der Waals surface area contributed by atoms with Crippen molar-refractivity contribution in [2.24, 2.45) is 0 Å². The van der Waals surface area contributed by atoms with Crippen LogP contribution < -0.4 is 10.6 Å². The number of aryl methyl sites for hydroxylation is 1. The number of nitrogens with zero attached hydrogens (tertiary/aromatic N) is 2. The minimum Gasteiger partial charge on any atom is -0.395 e. The Morgan fingerprint density at radius 1 is 1.19 bits per heavy atom. The van der Waals surface area contributed by atoms with Crippen LogP contribution in [0.25, 0.3) is 16.7 Å². The highest BCUT2D eigenvalue weighted by Crippen LogP contribution is 2.26. The van der Waals surface area contributed by atoms with E-state index in [9.17, 15) is 18.4 Å². The smallest absolute Gasteiger partial charge is 0.251 e. The van der Waals surface area contributed by atoms with Crippen LogP contribution >= 0.6 is 0 Å². The lowest BCUT2D eigenvalue weighted by Gasteiger charge is -2.15. The van der Waals surface area contributed by atoms with E-state index in [1.807, 2.05) is 29.0 Å². The third-order valence-electron chi connectivity index (χ3n) is 4.86. The molecule has 2 amide bonds. The first-order chi connectivity index (χ1) is 14.9. The van der Waals surface area contributed by atoms with Gasteiger partial charge in [0.15, 0.2) is 0 Å². The maximum absolute atomic E-state index is 13.9. The highest BCUT2D eigenvalue weighted by atomic mass is 19.3. The number of fused-ring (bicyclic) bond motifs is 1. The largest absolute Gasteiger partial charge is 0.395 e. The Balaban J connectivity index is 1.74. The normalized spacial score (nSPS) is 11.5. The molecule has 31 heavy (non-hydrogen) atoms. The Labute approximate surface area is 178 Å². The fourth-order valence-electron chi connectivity index (χ4n) is 3.25. The summed E-state index contributed by atoms with van der Waals surface area (Å²) in [6.45, 7) is -0.0261. The van der Waals surface area contributed by atoms with Crippen LogP contribution in [0, 0.1) is 0 Å². The molecule has 3 N–H and O–H groups in total. The number of amides is 2. The number of aromatic nitrogens is 2. The molecule has 0 atom stereocenters. The second kappa shape index (κ2) is 10.1. The number of rotatable bonds is 11. The van der Waals surface area contributed by atoms with Crippen LogP contribution in [-0.4, -0.2) is 52.6 Å². The summed E-state index contributed by atoms with van der Waals surface area (Å²) in [6.07, 6.45) is 3.24. The van der Waals surface area contributed by atoms with E-state index in [4.69, 9.17) is 5.11 Å². The summed E-state index contributed by atoms with van der Waals surface area (Å²) in [5.74, 6) is -3.15. The van der Waals surface area contributed by atoms with Gasteiger partial charge in [-0.3, -0.25) is 9.59 Å². The molecule has 1 aromatic carbocycles. The summed E-state index contributed by atoms with van der Waals surface area (Å²) in [6, 6.07) is 10.7. The van der Waals surface area contributed by atoms with E-state index in [0.29, 0.717) is 23.2 Å². The maximum atomic E-state index is 13.9. The summed E-state index contributed by atoms with van der Waals surface area (Å²) < 4.78 is 29.7. The fraction of sp³-hybridized carbons (Fsp3) is 0.318. The number of hydrogen-bond acceptors (Lipinski definition) is 4. The Morgan fingerprint density at radius 3 is 2.81 bits per heavy atom. The molecule has 0 aliphatic heterocycles. The van der Waals surface area contributed by atoms with Crippen molar-refractivity contribution in [2.45, 2.75) is 25.2 Å². The number of aliphatic hydroxyl groups is 1. The van der Waals surface area contributed by atoms with Crippen molar-refractivity contribution in [1.82, 2.24) is 20.2 Å². The van der Waals surface area contributed by atoms with E-state index < -0.39 is 12.3 Å². The highest BCUT2D eigenvalue weighted by molar-refractivity contribution is 5.94. The SMILES string of the molecule is O=CNCCC(F)(F)CCc1cnc2c(ccn2-c2cccc(C(=O)NCCO)c2)c1. The first-order valence-corrected chi connectivity index (χ1v) is 9.94. The van der Waals surface area contributed by atoms with Gasteiger partial charge in [0, 0.05) is 55.0 Å². The van der Waals surface area contributed by atoms with Crippen molar-refractivity contribution in [3.05, 3.63) is 59.9 Å². The summed E-state index contributed by atoms with van der Waals surface area (Å²) in [5.41, 5.74) is 2.54. The van der Waals surface area contributed by atoms with Crippen LogP contribution in [0.2, 0.25) is 0 Å². The number of pyridine rings is 1. The second-order valence-electron chi connectivity index (χ2n) is 7.15. The zero-order chi connectivity index (χ0) is 22.3. The van der Waals surface area contributed by atoms with Crippen LogP contribution in [0.3, 0.4) is 0 Å².